The highest BCUT2D eigenvalue weighted by Crippen LogP contribution is 2.30. The maximum Gasteiger partial charge on any atom is 0.225 e. The van der Waals surface area contributed by atoms with E-state index in [2.05, 4.69) is 4.37 Å². The molecule has 5 heteroatoms. The fourth-order valence-electron chi connectivity index (χ4n) is 1.06. The van der Waals surface area contributed by atoms with Crippen molar-refractivity contribution in [3.8, 4) is 5.88 Å². The van der Waals surface area contributed by atoms with E-state index in [-0.39, 0.29) is 11.7 Å². The lowest BCUT2D eigenvalue weighted by atomic mass is 10.1. The van der Waals surface area contributed by atoms with Gasteiger partial charge in [0.1, 0.15) is 0 Å². The Morgan fingerprint density at radius 2 is 2.46 bits per heavy atom. The highest BCUT2D eigenvalue weighted by atomic mass is 32.2. The van der Waals surface area contributed by atoms with Crippen LogP contribution in [0.5, 0.6) is 5.88 Å². The molecule has 0 N–H and O–H groups in total. The zero-order valence-corrected chi connectivity index (χ0v) is 8.78. The van der Waals surface area contributed by atoms with Gasteiger partial charge in [0.05, 0.1) is 12.0 Å². The number of carbonyl (C=O) groups is 1. The van der Waals surface area contributed by atoms with Crippen molar-refractivity contribution in [3.05, 3.63) is 10.9 Å². The van der Waals surface area contributed by atoms with Crippen LogP contribution in [0.1, 0.15) is 9.67 Å². The first kappa shape index (κ1) is 9.02. The lowest BCUT2D eigenvalue weighted by Crippen LogP contribution is -2.26. The molecule has 1 fully saturated rings. The summed E-state index contributed by atoms with van der Waals surface area (Å²) in [5, 5.41) is 0. The van der Waals surface area contributed by atoms with Crippen LogP contribution in [0.15, 0.2) is 6.07 Å². The summed E-state index contributed by atoms with van der Waals surface area (Å²) in [6.07, 6.45) is 0. The number of ether oxygens (including phenoxy) is 1. The van der Waals surface area contributed by atoms with Gasteiger partial charge < -0.3 is 4.74 Å². The van der Waals surface area contributed by atoms with Crippen molar-refractivity contribution < 1.29 is 9.53 Å². The molecule has 0 spiro atoms. The molecule has 70 valence electrons. The lowest BCUT2D eigenvalue weighted by Gasteiger charge is -2.22. The minimum absolute atomic E-state index is 0.218. The van der Waals surface area contributed by atoms with Gasteiger partial charge in [0, 0.05) is 23.5 Å². The standard InChI is InChI=1S/C8H9NO2S2/c1-11-7-2-6(13-9-7)8(10)5-3-12-4-5/h2,5H,3-4H2,1H3. The average Bonchev–Trinajstić information content (AvgIpc) is 2.48. The van der Waals surface area contributed by atoms with Crippen LogP contribution in [0.25, 0.3) is 0 Å². The maximum atomic E-state index is 11.7. The fraction of sp³-hybridized carbons (Fsp3) is 0.500. The quantitative estimate of drug-likeness (QED) is 0.719. The van der Waals surface area contributed by atoms with Crippen LogP contribution in [0.4, 0.5) is 0 Å². The van der Waals surface area contributed by atoms with Crippen molar-refractivity contribution in [2.45, 2.75) is 0 Å². The third-order valence-corrected chi connectivity index (χ3v) is 4.01. The van der Waals surface area contributed by atoms with Gasteiger partial charge >= 0.3 is 0 Å². The first-order chi connectivity index (χ1) is 6.31. The summed E-state index contributed by atoms with van der Waals surface area (Å²) in [5.74, 6) is 2.90. The van der Waals surface area contributed by atoms with Crippen molar-refractivity contribution in [3.63, 3.8) is 0 Å². The van der Waals surface area contributed by atoms with E-state index in [1.54, 1.807) is 13.2 Å². The number of hydrogen-bond acceptors (Lipinski definition) is 5. The molecule has 0 aromatic carbocycles. The van der Waals surface area contributed by atoms with Crippen LogP contribution in [0.2, 0.25) is 0 Å². The number of thioether (sulfide) groups is 1. The monoisotopic (exact) mass is 215 g/mol. The predicted octanol–water partition coefficient (Wildman–Crippen LogP) is 1.70. The van der Waals surface area contributed by atoms with Crippen molar-refractivity contribution in [2.24, 2.45) is 5.92 Å². The Morgan fingerprint density at radius 1 is 1.69 bits per heavy atom. The number of carbonyl (C=O) groups excluding carboxylic acids is 1. The zero-order valence-electron chi connectivity index (χ0n) is 7.15. The summed E-state index contributed by atoms with van der Waals surface area (Å²) in [6, 6.07) is 1.72. The molecule has 0 radical (unpaired) electrons. The highest BCUT2D eigenvalue weighted by Gasteiger charge is 2.28. The van der Waals surface area contributed by atoms with Gasteiger partial charge in [0.2, 0.25) is 5.88 Å². The summed E-state index contributed by atoms with van der Waals surface area (Å²) in [4.78, 5) is 12.4. The Hall–Kier alpha value is -0.550. The third kappa shape index (κ3) is 1.71. The van der Waals surface area contributed by atoms with E-state index in [1.807, 2.05) is 11.8 Å². The van der Waals surface area contributed by atoms with Gasteiger partial charge in [0.25, 0.3) is 0 Å². The minimum Gasteiger partial charge on any atom is -0.480 e. The molecule has 2 heterocycles. The molecule has 3 nitrogen and oxygen atoms in total. The Balaban J connectivity index is 2.10. The van der Waals surface area contributed by atoms with Crippen LogP contribution in [0.3, 0.4) is 0 Å². The number of Topliss-reactive ketones (excluding diaryl/α,β-unsaturated/α-hetero) is 1. The van der Waals surface area contributed by atoms with Crippen LogP contribution in [-0.4, -0.2) is 28.8 Å². The van der Waals surface area contributed by atoms with Crippen molar-refractivity contribution in [1.82, 2.24) is 4.37 Å². The highest BCUT2D eigenvalue weighted by molar-refractivity contribution is 8.00. The third-order valence-electron chi connectivity index (χ3n) is 1.95. The maximum absolute atomic E-state index is 11.7. The second-order valence-electron chi connectivity index (χ2n) is 2.83. The van der Waals surface area contributed by atoms with Crippen LogP contribution >= 0.6 is 23.3 Å². The Labute approximate surface area is 84.6 Å². The summed E-state index contributed by atoms with van der Waals surface area (Å²) in [7, 11) is 1.56. The minimum atomic E-state index is 0.218. The molecule has 0 amide bonds. The van der Waals surface area contributed by atoms with E-state index in [0.717, 1.165) is 16.4 Å². The number of ketones is 1. The van der Waals surface area contributed by atoms with Gasteiger partial charge in [-0.05, 0) is 11.5 Å². The Kier molecular flexibility index (Phi) is 2.55. The second kappa shape index (κ2) is 3.67. The molecule has 0 aliphatic carbocycles. The molecule has 0 saturated carbocycles. The molecule has 2 rings (SSSR count). The normalized spacial score (nSPS) is 16.7. The van der Waals surface area contributed by atoms with Gasteiger partial charge in [-0.3, -0.25) is 4.79 Å². The molecule has 0 atom stereocenters. The van der Waals surface area contributed by atoms with Gasteiger partial charge in [-0.1, -0.05) is 0 Å². The summed E-state index contributed by atoms with van der Waals surface area (Å²) >= 11 is 3.04. The van der Waals surface area contributed by atoms with Gasteiger partial charge in [-0.15, -0.1) is 0 Å². The molecule has 1 aromatic rings. The van der Waals surface area contributed by atoms with E-state index < -0.39 is 0 Å². The first-order valence-electron chi connectivity index (χ1n) is 3.94. The summed E-state index contributed by atoms with van der Waals surface area (Å²) < 4.78 is 8.91. The van der Waals surface area contributed by atoms with Crippen LogP contribution in [0, 0.1) is 5.92 Å². The molecule has 1 aliphatic heterocycles. The molecule has 1 saturated heterocycles. The molecule has 1 aromatic heterocycles. The van der Waals surface area contributed by atoms with E-state index in [1.165, 1.54) is 11.5 Å². The largest absolute Gasteiger partial charge is 0.480 e. The number of nitrogens with zero attached hydrogens (tertiary/aromatic N) is 1. The van der Waals surface area contributed by atoms with Gasteiger partial charge in [0.15, 0.2) is 5.78 Å². The SMILES string of the molecule is COc1cc(C(=O)C2CSC2)sn1. The predicted molar refractivity (Wildman–Crippen MR) is 53.8 cm³/mol. The zero-order chi connectivity index (χ0) is 9.26. The Morgan fingerprint density at radius 3 is 2.92 bits per heavy atom. The van der Waals surface area contributed by atoms with Gasteiger partial charge in [-0.25, -0.2) is 0 Å². The van der Waals surface area contributed by atoms with E-state index in [4.69, 9.17) is 4.74 Å². The second-order valence-corrected chi connectivity index (χ2v) is 4.71. The number of hydrogen-bond donors (Lipinski definition) is 0. The molecular formula is C8H9NO2S2. The molecular weight excluding hydrogens is 206 g/mol. The topological polar surface area (TPSA) is 39.2 Å². The van der Waals surface area contributed by atoms with Crippen molar-refractivity contribution >= 4 is 29.1 Å². The molecule has 0 bridgehead atoms. The molecule has 0 unspecified atom stereocenters. The van der Waals surface area contributed by atoms with E-state index >= 15 is 0 Å². The molecule has 1 aliphatic rings. The smallest absolute Gasteiger partial charge is 0.225 e. The van der Waals surface area contributed by atoms with E-state index in [0.29, 0.717) is 5.88 Å². The number of aromatic nitrogens is 1. The van der Waals surface area contributed by atoms with E-state index in [9.17, 15) is 4.79 Å². The van der Waals surface area contributed by atoms with Crippen LogP contribution < -0.4 is 4.74 Å². The lowest BCUT2D eigenvalue weighted by molar-refractivity contribution is 0.0943. The Bertz CT molecular complexity index is 320. The van der Waals surface area contributed by atoms with Gasteiger partial charge in [-0.2, -0.15) is 16.1 Å². The average molecular weight is 215 g/mol. The van der Waals surface area contributed by atoms with Crippen molar-refractivity contribution in [1.29, 1.82) is 0 Å². The van der Waals surface area contributed by atoms with Crippen LogP contribution in [-0.2, 0) is 0 Å². The number of methoxy groups -OCH3 is 1. The van der Waals surface area contributed by atoms with Crippen molar-refractivity contribution in [2.75, 3.05) is 18.6 Å². The molecule has 13 heavy (non-hydrogen) atoms. The number of rotatable bonds is 3. The summed E-state index contributed by atoms with van der Waals surface area (Å²) in [5.41, 5.74) is 0. The summed E-state index contributed by atoms with van der Waals surface area (Å²) in [6.45, 7) is 0. The first-order valence-corrected chi connectivity index (χ1v) is 5.86. The fourth-order valence-corrected chi connectivity index (χ4v) is 2.56.